The highest BCUT2D eigenvalue weighted by Gasteiger charge is 2.65. The van der Waals surface area contributed by atoms with Crippen molar-refractivity contribution < 1.29 is 14.7 Å². The van der Waals surface area contributed by atoms with Gasteiger partial charge in [-0.1, -0.05) is 0 Å². The van der Waals surface area contributed by atoms with Gasteiger partial charge in [0.2, 0.25) is 0 Å². The minimum atomic E-state index is -0.988. The van der Waals surface area contributed by atoms with Crippen LogP contribution in [-0.2, 0) is 9.59 Å². The third-order valence-electron chi connectivity index (χ3n) is 2.80. The molecule has 0 aliphatic heterocycles. The number of rotatable bonds is 3. The Hall–Kier alpha value is -0.860. The van der Waals surface area contributed by atoms with Crippen molar-refractivity contribution in [3.8, 4) is 0 Å². The molecular weight excluding hydrogens is 144 g/mol. The monoisotopic (exact) mass is 154 g/mol. The molecule has 2 rings (SSSR count). The predicted octanol–water partition coefficient (Wildman–Crippen LogP) is 0.830. The minimum Gasteiger partial charge on any atom is -0.481 e. The molecule has 60 valence electrons. The lowest BCUT2D eigenvalue weighted by molar-refractivity contribution is -0.140. The van der Waals surface area contributed by atoms with Crippen molar-refractivity contribution in [2.75, 3.05) is 0 Å². The quantitative estimate of drug-likeness (QED) is 0.612. The van der Waals surface area contributed by atoms with Crippen LogP contribution < -0.4 is 0 Å². The van der Waals surface area contributed by atoms with Gasteiger partial charge in [-0.15, -0.1) is 0 Å². The summed E-state index contributed by atoms with van der Waals surface area (Å²) in [6.45, 7) is 0. The average molecular weight is 154 g/mol. The number of aliphatic carboxylic acids is 1. The van der Waals surface area contributed by atoms with E-state index in [9.17, 15) is 9.59 Å². The zero-order valence-corrected chi connectivity index (χ0v) is 6.17. The zero-order chi connectivity index (χ0) is 8.06. The number of ketones is 1. The number of Topliss-reactive ketones (excluding diaryl/α,β-unsaturated/α-hetero) is 1. The number of carboxylic acid groups (broad SMARTS) is 1. The fourth-order valence-corrected chi connectivity index (χ4v) is 1.79. The van der Waals surface area contributed by atoms with Gasteiger partial charge in [0.25, 0.3) is 0 Å². The van der Waals surface area contributed by atoms with E-state index in [1.165, 1.54) is 0 Å². The maximum atomic E-state index is 11.1. The van der Waals surface area contributed by atoms with E-state index in [4.69, 9.17) is 5.11 Å². The lowest BCUT2D eigenvalue weighted by Crippen LogP contribution is -2.09. The largest absolute Gasteiger partial charge is 0.481 e. The number of carboxylic acids is 1. The van der Waals surface area contributed by atoms with Crippen molar-refractivity contribution >= 4 is 11.8 Å². The Morgan fingerprint density at radius 1 is 1.45 bits per heavy atom. The van der Waals surface area contributed by atoms with Gasteiger partial charge in [-0.05, 0) is 24.7 Å². The van der Waals surface area contributed by atoms with Crippen LogP contribution in [0.2, 0.25) is 0 Å². The van der Waals surface area contributed by atoms with Gasteiger partial charge < -0.3 is 5.11 Å². The second-order valence-electron chi connectivity index (χ2n) is 3.66. The number of hydrogen-bond acceptors (Lipinski definition) is 2. The molecule has 1 spiro atoms. The third-order valence-corrected chi connectivity index (χ3v) is 2.80. The Morgan fingerprint density at radius 3 is 2.45 bits per heavy atom. The zero-order valence-electron chi connectivity index (χ0n) is 6.17. The van der Waals surface area contributed by atoms with Gasteiger partial charge in [0, 0.05) is 5.92 Å². The van der Waals surface area contributed by atoms with Crippen LogP contribution in [0.3, 0.4) is 0 Å². The Labute approximate surface area is 64.4 Å². The molecule has 0 aromatic carbocycles. The number of hydrogen-bond donors (Lipinski definition) is 1. The van der Waals surface area contributed by atoms with E-state index < -0.39 is 5.97 Å². The van der Waals surface area contributed by atoms with Crippen molar-refractivity contribution in [1.29, 1.82) is 0 Å². The first-order valence-corrected chi connectivity index (χ1v) is 3.89. The molecule has 0 bridgehead atoms. The van der Waals surface area contributed by atoms with Gasteiger partial charge in [-0.25, -0.2) is 0 Å². The first-order valence-electron chi connectivity index (χ1n) is 3.89. The van der Waals surface area contributed by atoms with Crippen molar-refractivity contribution in [2.24, 2.45) is 11.3 Å². The van der Waals surface area contributed by atoms with Crippen LogP contribution in [0.1, 0.15) is 25.7 Å². The Morgan fingerprint density at radius 2 is 2.09 bits per heavy atom. The average Bonchev–Trinajstić information content (AvgIpc) is 2.73. The summed E-state index contributed by atoms with van der Waals surface area (Å²) in [5.41, 5.74) is 0.312. The summed E-state index contributed by atoms with van der Waals surface area (Å²) in [5, 5.41) is 8.33. The SMILES string of the molecule is O=C(O)CC(=O)C1CC12CC2. The summed E-state index contributed by atoms with van der Waals surface area (Å²) in [6, 6.07) is 0. The number of carbonyl (C=O) groups excluding carboxylic acids is 1. The molecule has 0 amide bonds. The van der Waals surface area contributed by atoms with E-state index in [-0.39, 0.29) is 18.1 Å². The second kappa shape index (κ2) is 1.84. The predicted molar refractivity (Wildman–Crippen MR) is 37.0 cm³/mol. The van der Waals surface area contributed by atoms with Crippen molar-refractivity contribution in [2.45, 2.75) is 25.7 Å². The van der Waals surface area contributed by atoms with Gasteiger partial charge in [0.05, 0.1) is 0 Å². The Kier molecular flexibility index (Phi) is 1.14. The van der Waals surface area contributed by atoms with Gasteiger partial charge in [-0.2, -0.15) is 0 Å². The Bertz CT molecular complexity index is 227. The van der Waals surface area contributed by atoms with Crippen LogP contribution in [0.4, 0.5) is 0 Å². The molecule has 1 atom stereocenters. The fraction of sp³-hybridized carbons (Fsp3) is 0.750. The van der Waals surface area contributed by atoms with Gasteiger partial charge in [0.1, 0.15) is 12.2 Å². The summed E-state index contributed by atoms with van der Waals surface area (Å²) >= 11 is 0. The topological polar surface area (TPSA) is 54.4 Å². The molecule has 0 aromatic rings. The maximum absolute atomic E-state index is 11.1. The van der Waals surface area contributed by atoms with Crippen molar-refractivity contribution in [3.05, 3.63) is 0 Å². The van der Waals surface area contributed by atoms with E-state index in [2.05, 4.69) is 0 Å². The third kappa shape index (κ3) is 1.04. The smallest absolute Gasteiger partial charge is 0.310 e. The molecule has 11 heavy (non-hydrogen) atoms. The first-order chi connectivity index (χ1) is 5.14. The highest BCUT2D eigenvalue weighted by molar-refractivity contribution is 5.98. The van der Waals surface area contributed by atoms with Crippen LogP contribution in [0.25, 0.3) is 0 Å². The van der Waals surface area contributed by atoms with Crippen LogP contribution in [0, 0.1) is 11.3 Å². The highest BCUT2D eigenvalue weighted by atomic mass is 16.4. The molecule has 2 aliphatic carbocycles. The molecular formula is C8H10O3. The standard InChI is InChI=1S/C8H10O3/c9-6(3-7(10)11)5-4-8(5)1-2-8/h5H,1-4H2,(H,10,11). The first kappa shape index (κ1) is 6.83. The molecule has 0 radical (unpaired) electrons. The molecule has 0 aromatic heterocycles. The summed E-state index contributed by atoms with van der Waals surface area (Å²) in [4.78, 5) is 21.2. The van der Waals surface area contributed by atoms with Gasteiger partial charge >= 0.3 is 5.97 Å². The van der Waals surface area contributed by atoms with Gasteiger partial charge in [-0.3, -0.25) is 9.59 Å². The van der Waals surface area contributed by atoms with Crippen LogP contribution in [0.5, 0.6) is 0 Å². The summed E-state index contributed by atoms with van der Waals surface area (Å²) < 4.78 is 0. The van der Waals surface area contributed by atoms with E-state index in [0.29, 0.717) is 5.41 Å². The molecule has 0 heterocycles. The van der Waals surface area contributed by atoms with E-state index in [0.717, 1.165) is 19.3 Å². The molecule has 2 aliphatic rings. The van der Waals surface area contributed by atoms with Gasteiger partial charge in [0.15, 0.2) is 0 Å². The van der Waals surface area contributed by atoms with Crippen LogP contribution in [0.15, 0.2) is 0 Å². The summed E-state index contributed by atoms with van der Waals surface area (Å²) in [6.07, 6.45) is 2.97. The molecule has 2 fully saturated rings. The molecule has 2 saturated carbocycles. The Balaban J connectivity index is 1.87. The lowest BCUT2D eigenvalue weighted by Gasteiger charge is -1.91. The van der Waals surface area contributed by atoms with Crippen LogP contribution in [-0.4, -0.2) is 16.9 Å². The molecule has 1 unspecified atom stereocenters. The molecule has 3 nitrogen and oxygen atoms in total. The summed E-state index contributed by atoms with van der Waals surface area (Å²) in [5.74, 6) is -0.939. The van der Waals surface area contributed by atoms with E-state index in [1.807, 2.05) is 0 Å². The molecule has 3 heteroatoms. The summed E-state index contributed by atoms with van der Waals surface area (Å²) in [7, 11) is 0. The number of carbonyl (C=O) groups is 2. The fourth-order valence-electron chi connectivity index (χ4n) is 1.79. The van der Waals surface area contributed by atoms with E-state index in [1.54, 1.807) is 0 Å². The lowest BCUT2D eigenvalue weighted by atomic mass is 10.1. The van der Waals surface area contributed by atoms with Crippen molar-refractivity contribution in [3.63, 3.8) is 0 Å². The van der Waals surface area contributed by atoms with Crippen LogP contribution >= 0.6 is 0 Å². The van der Waals surface area contributed by atoms with Crippen molar-refractivity contribution in [1.82, 2.24) is 0 Å². The normalized spacial score (nSPS) is 30.0. The highest BCUT2D eigenvalue weighted by Crippen LogP contribution is 2.70. The maximum Gasteiger partial charge on any atom is 0.310 e. The molecule has 1 N–H and O–H groups in total. The molecule has 0 saturated heterocycles. The minimum absolute atomic E-state index is 0.0602. The van der Waals surface area contributed by atoms with E-state index >= 15 is 0 Å². The second-order valence-corrected chi connectivity index (χ2v) is 3.66.